The fourth-order valence-electron chi connectivity index (χ4n) is 4.26. The number of aryl methyl sites for hydroxylation is 2. The molecule has 3 atom stereocenters. The average Bonchev–Trinajstić information content (AvgIpc) is 2.70. The maximum absolute atomic E-state index is 3.96. The number of hydrogen-bond donors (Lipinski definition) is 1. The maximum atomic E-state index is 3.96. The summed E-state index contributed by atoms with van der Waals surface area (Å²) < 4.78 is 0. The Kier molecular flexibility index (Phi) is 3.66. The third kappa shape index (κ3) is 2.86. The second kappa shape index (κ2) is 5.28. The van der Waals surface area contributed by atoms with Crippen LogP contribution in [0.4, 0.5) is 0 Å². The zero-order valence-corrected chi connectivity index (χ0v) is 12.6. The highest BCUT2D eigenvalue weighted by Gasteiger charge is 2.29. The van der Waals surface area contributed by atoms with Crippen LogP contribution in [0.15, 0.2) is 18.2 Å². The van der Waals surface area contributed by atoms with Gasteiger partial charge in [-0.2, -0.15) is 0 Å². The highest BCUT2D eigenvalue weighted by Crippen LogP contribution is 2.35. The van der Waals surface area contributed by atoms with Crippen molar-refractivity contribution >= 4 is 0 Å². The second-order valence-corrected chi connectivity index (χ2v) is 7.07. The van der Waals surface area contributed by atoms with Crippen LogP contribution in [0.5, 0.6) is 0 Å². The molecule has 3 rings (SSSR count). The van der Waals surface area contributed by atoms with Crippen molar-refractivity contribution in [1.29, 1.82) is 0 Å². The van der Waals surface area contributed by atoms with Crippen molar-refractivity contribution in [2.24, 2.45) is 11.8 Å². The normalized spacial score (nSPS) is 34.3. The Morgan fingerprint density at radius 2 is 1.79 bits per heavy atom. The standard InChI is InChI=1S/C18H27N/c1-12-4-5-15-6-7-18(17(15)11-12)19-16-9-13(2)8-14(3)10-16/h4-5,11,13-14,16,18-19H,6-10H2,1-3H3. The largest absolute Gasteiger partial charge is 0.307 e. The summed E-state index contributed by atoms with van der Waals surface area (Å²) in [5, 5.41) is 3.96. The second-order valence-electron chi connectivity index (χ2n) is 7.07. The molecule has 0 radical (unpaired) electrons. The molecule has 0 bridgehead atoms. The smallest absolute Gasteiger partial charge is 0.0328 e. The van der Waals surface area contributed by atoms with Gasteiger partial charge in [0.1, 0.15) is 0 Å². The zero-order chi connectivity index (χ0) is 13.4. The molecule has 19 heavy (non-hydrogen) atoms. The topological polar surface area (TPSA) is 12.0 Å². The van der Waals surface area contributed by atoms with Crippen LogP contribution in [-0.4, -0.2) is 6.04 Å². The predicted molar refractivity (Wildman–Crippen MR) is 81.3 cm³/mol. The Morgan fingerprint density at radius 3 is 2.53 bits per heavy atom. The van der Waals surface area contributed by atoms with Crippen LogP contribution in [0, 0.1) is 18.8 Å². The van der Waals surface area contributed by atoms with Gasteiger partial charge in [-0.3, -0.25) is 0 Å². The van der Waals surface area contributed by atoms with E-state index >= 15 is 0 Å². The van der Waals surface area contributed by atoms with Crippen molar-refractivity contribution in [2.45, 2.75) is 65.0 Å². The van der Waals surface area contributed by atoms with Crippen molar-refractivity contribution in [2.75, 3.05) is 0 Å². The molecule has 0 amide bonds. The Hall–Kier alpha value is -0.820. The van der Waals surface area contributed by atoms with Gasteiger partial charge in [-0.05, 0) is 62.0 Å². The lowest BCUT2D eigenvalue weighted by Crippen LogP contribution is -2.38. The molecule has 104 valence electrons. The summed E-state index contributed by atoms with van der Waals surface area (Å²) in [5.74, 6) is 1.78. The summed E-state index contributed by atoms with van der Waals surface area (Å²) in [7, 11) is 0. The predicted octanol–water partition coefficient (Wildman–Crippen LogP) is 4.40. The van der Waals surface area contributed by atoms with Crippen molar-refractivity contribution in [3.05, 3.63) is 34.9 Å². The van der Waals surface area contributed by atoms with E-state index < -0.39 is 0 Å². The van der Waals surface area contributed by atoms with Crippen LogP contribution < -0.4 is 5.32 Å². The van der Waals surface area contributed by atoms with Crippen molar-refractivity contribution in [3.63, 3.8) is 0 Å². The van der Waals surface area contributed by atoms with Gasteiger partial charge >= 0.3 is 0 Å². The fourth-order valence-corrected chi connectivity index (χ4v) is 4.26. The molecule has 1 saturated carbocycles. The average molecular weight is 257 g/mol. The van der Waals surface area contributed by atoms with E-state index in [9.17, 15) is 0 Å². The Labute approximate surface area is 117 Å². The lowest BCUT2D eigenvalue weighted by molar-refractivity contribution is 0.225. The molecule has 2 aliphatic carbocycles. The van der Waals surface area contributed by atoms with Crippen LogP contribution in [0.2, 0.25) is 0 Å². The fraction of sp³-hybridized carbons (Fsp3) is 0.667. The molecule has 0 saturated heterocycles. The summed E-state index contributed by atoms with van der Waals surface area (Å²) in [6.45, 7) is 7.04. The maximum Gasteiger partial charge on any atom is 0.0328 e. The first-order chi connectivity index (χ1) is 9.11. The minimum Gasteiger partial charge on any atom is -0.307 e. The van der Waals surface area contributed by atoms with Gasteiger partial charge in [-0.25, -0.2) is 0 Å². The van der Waals surface area contributed by atoms with E-state index in [4.69, 9.17) is 0 Å². The summed E-state index contributed by atoms with van der Waals surface area (Å²) in [4.78, 5) is 0. The van der Waals surface area contributed by atoms with Gasteiger partial charge in [-0.15, -0.1) is 0 Å². The number of benzene rings is 1. The van der Waals surface area contributed by atoms with Crippen molar-refractivity contribution < 1.29 is 0 Å². The molecule has 2 aliphatic rings. The summed E-state index contributed by atoms with van der Waals surface area (Å²) >= 11 is 0. The number of hydrogen-bond acceptors (Lipinski definition) is 1. The molecular weight excluding hydrogens is 230 g/mol. The van der Waals surface area contributed by atoms with Gasteiger partial charge < -0.3 is 5.32 Å². The number of fused-ring (bicyclic) bond motifs is 1. The van der Waals surface area contributed by atoms with Crippen molar-refractivity contribution in [1.82, 2.24) is 5.32 Å². The highest BCUT2D eigenvalue weighted by molar-refractivity contribution is 5.37. The van der Waals surface area contributed by atoms with Gasteiger partial charge in [0.05, 0.1) is 0 Å². The first kappa shape index (κ1) is 13.2. The summed E-state index contributed by atoms with van der Waals surface area (Å²) in [6.07, 6.45) is 6.69. The van der Waals surface area contributed by atoms with Crippen LogP contribution in [0.3, 0.4) is 0 Å². The molecule has 1 aromatic rings. The Morgan fingerprint density at radius 1 is 1.05 bits per heavy atom. The monoisotopic (exact) mass is 257 g/mol. The molecule has 1 heteroatoms. The van der Waals surface area contributed by atoms with Gasteiger partial charge in [0.15, 0.2) is 0 Å². The molecule has 0 spiro atoms. The SMILES string of the molecule is Cc1ccc2c(c1)C(NC1CC(C)CC(C)C1)CC2. The lowest BCUT2D eigenvalue weighted by atomic mass is 9.80. The van der Waals surface area contributed by atoms with Crippen LogP contribution in [-0.2, 0) is 6.42 Å². The van der Waals surface area contributed by atoms with Crippen LogP contribution >= 0.6 is 0 Å². The Bertz CT molecular complexity index is 441. The van der Waals surface area contributed by atoms with Crippen molar-refractivity contribution in [3.8, 4) is 0 Å². The van der Waals surface area contributed by atoms with E-state index in [1.54, 1.807) is 11.1 Å². The van der Waals surface area contributed by atoms with E-state index in [-0.39, 0.29) is 0 Å². The number of nitrogens with one attached hydrogen (secondary N) is 1. The summed E-state index contributed by atoms with van der Waals surface area (Å²) in [6, 6.07) is 8.33. The highest BCUT2D eigenvalue weighted by atomic mass is 15.0. The molecule has 0 aliphatic heterocycles. The first-order valence-electron chi connectivity index (χ1n) is 7.97. The van der Waals surface area contributed by atoms with Crippen LogP contribution in [0.25, 0.3) is 0 Å². The van der Waals surface area contributed by atoms with E-state index in [0.717, 1.165) is 17.9 Å². The van der Waals surface area contributed by atoms with Gasteiger partial charge in [0.2, 0.25) is 0 Å². The minimum atomic E-state index is 0.609. The molecular formula is C18H27N. The third-order valence-corrected chi connectivity index (χ3v) is 4.99. The zero-order valence-electron chi connectivity index (χ0n) is 12.6. The molecule has 0 heterocycles. The summed E-state index contributed by atoms with van der Waals surface area (Å²) in [5.41, 5.74) is 4.55. The van der Waals surface area contributed by atoms with E-state index in [1.807, 2.05) is 0 Å². The molecule has 1 nitrogen and oxygen atoms in total. The van der Waals surface area contributed by atoms with Crippen LogP contribution in [0.1, 0.15) is 62.3 Å². The van der Waals surface area contributed by atoms with Gasteiger partial charge in [-0.1, -0.05) is 37.6 Å². The van der Waals surface area contributed by atoms with Gasteiger partial charge in [0.25, 0.3) is 0 Å². The number of rotatable bonds is 2. The molecule has 3 unspecified atom stereocenters. The molecule has 1 N–H and O–H groups in total. The Balaban J connectivity index is 1.70. The quantitative estimate of drug-likeness (QED) is 0.828. The van der Waals surface area contributed by atoms with E-state index in [1.165, 1.54) is 37.7 Å². The molecule has 0 aromatic heterocycles. The lowest BCUT2D eigenvalue weighted by Gasteiger charge is -2.34. The molecule has 1 fully saturated rings. The third-order valence-electron chi connectivity index (χ3n) is 4.99. The van der Waals surface area contributed by atoms with E-state index in [2.05, 4.69) is 44.3 Å². The molecule has 1 aromatic carbocycles. The minimum absolute atomic E-state index is 0.609. The van der Waals surface area contributed by atoms with E-state index in [0.29, 0.717) is 6.04 Å². The first-order valence-corrected chi connectivity index (χ1v) is 7.97. The van der Waals surface area contributed by atoms with Gasteiger partial charge in [0, 0.05) is 12.1 Å².